The highest BCUT2D eigenvalue weighted by Gasteiger charge is 2.26. The number of ether oxygens (including phenoxy) is 1. The lowest BCUT2D eigenvalue weighted by Crippen LogP contribution is -2.28. The SMILES string of the molecule is CCC1CCCN1c1nc(COC)c(CNC)s1. The number of hydrogen-bond acceptors (Lipinski definition) is 5. The minimum atomic E-state index is 0.609. The Bertz CT molecular complexity index is 357. The average molecular weight is 269 g/mol. The van der Waals surface area contributed by atoms with Crippen LogP contribution in [0.25, 0.3) is 0 Å². The molecule has 18 heavy (non-hydrogen) atoms. The maximum absolute atomic E-state index is 5.24. The fourth-order valence-electron chi connectivity index (χ4n) is 2.55. The van der Waals surface area contributed by atoms with Gasteiger partial charge in [-0.3, -0.25) is 0 Å². The molecule has 1 atom stereocenters. The Morgan fingerprint density at radius 1 is 1.56 bits per heavy atom. The van der Waals surface area contributed by atoms with Gasteiger partial charge in [-0.15, -0.1) is 11.3 Å². The smallest absolute Gasteiger partial charge is 0.186 e. The largest absolute Gasteiger partial charge is 0.378 e. The molecule has 1 saturated heterocycles. The lowest BCUT2D eigenvalue weighted by molar-refractivity contribution is 0.181. The van der Waals surface area contributed by atoms with Crippen molar-refractivity contribution in [2.24, 2.45) is 0 Å². The summed E-state index contributed by atoms with van der Waals surface area (Å²) in [7, 11) is 3.70. The second-order valence-corrected chi connectivity index (χ2v) is 5.79. The van der Waals surface area contributed by atoms with Gasteiger partial charge in [-0.05, 0) is 26.3 Å². The van der Waals surface area contributed by atoms with Crippen LogP contribution in [0.4, 0.5) is 5.13 Å². The normalized spacial score (nSPS) is 19.7. The number of anilines is 1. The van der Waals surface area contributed by atoms with Crippen molar-refractivity contribution in [2.75, 3.05) is 25.6 Å². The van der Waals surface area contributed by atoms with Crippen LogP contribution in [0.3, 0.4) is 0 Å². The highest BCUT2D eigenvalue weighted by Crippen LogP contribution is 2.33. The molecule has 0 bridgehead atoms. The summed E-state index contributed by atoms with van der Waals surface area (Å²) in [6, 6.07) is 0.675. The average Bonchev–Trinajstić information content (AvgIpc) is 2.97. The van der Waals surface area contributed by atoms with Crippen LogP contribution in [0.2, 0.25) is 0 Å². The van der Waals surface area contributed by atoms with Gasteiger partial charge in [0, 0.05) is 31.1 Å². The van der Waals surface area contributed by atoms with Gasteiger partial charge in [-0.1, -0.05) is 6.92 Å². The molecule has 1 aliphatic rings. The summed E-state index contributed by atoms with van der Waals surface area (Å²) in [6.07, 6.45) is 3.80. The molecular weight excluding hydrogens is 246 g/mol. The Labute approximate surface area is 113 Å². The molecule has 0 aliphatic carbocycles. The predicted octanol–water partition coefficient (Wildman–Crippen LogP) is 2.39. The van der Waals surface area contributed by atoms with Crippen LogP contribution in [0.15, 0.2) is 0 Å². The van der Waals surface area contributed by atoms with E-state index in [0.29, 0.717) is 12.6 Å². The monoisotopic (exact) mass is 269 g/mol. The Balaban J connectivity index is 2.19. The van der Waals surface area contributed by atoms with E-state index in [1.54, 1.807) is 7.11 Å². The first-order valence-corrected chi connectivity index (χ1v) is 7.50. The first-order chi connectivity index (χ1) is 8.80. The minimum absolute atomic E-state index is 0.609. The van der Waals surface area contributed by atoms with Crippen molar-refractivity contribution < 1.29 is 4.74 Å². The van der Waals surface area contributed by atoms with Gasteiger partial charge in [0.2, 0.25) is 0 Å². The van der Waals surface area contributed by atoms with E-state index in [9.17, 15) is 0 Å². The fraction of sp³-hybridized carbons (Fsp3) is 0.769. The van der Waals surface area contributed by atoms with Gasteiger partial charge in [0.1, 0.15) is 0 Å². The van der Waals surface area contributed by atoms with Crippen LogP contribution in [-0.2, 0) is 17.9 Å². The maximum atomic E-state index is 5.24. The van der Waals surface area contributed by atoms with E-state index in [2.05, 4.69) is 17.1 Å². The molecule has 0 spiro atoms. The van der Waals surface area contributed by atoms with Crippen molar-refractivity contribution in [1.29, 1.82) is 0 Å². The van der Waals surface area contributed by atoms with Gasteiger partial charge in [-0.25, -0.2) is 4.98 Å². The first-order valence-electron chi connectivity index (χ1n) is 6.68. The summed E-state index contributed by atoms with van der Waals surface area (Å²) in [5, 5.41) is 4.39. The number of nitrogens with zero attached hydrogens (tertiary/aromatic N) is 2. The number of aromatic nitrogens is 1. The molecular formula is C13H23N3OS. The third-order valence-electron chi connectivity index (χ3n) is 3.48. The van der Waals surface area contributed by atoms with E-state index in [1.807, 2.05) is 18.4 Å². The Hall–Kier alpha value is -0.650. The van der Waals surface area contributed by atoms with E-state index in [1.165, 1.54) is 29.3 Å². The topological polar surface area (TPSA) is 37.4 Å². The minimum Gasteiger partial charge on any atom is -0.378 e. The number of hydrogen-bond donors (Lipinski definition) is 1. The van der Waals surface area contributed by atoms with Crippen LogP contribution in [0.1, 0.15) is 36.8 Å². The standard InChI is InChI=1S/C13H23N3OS/c1-4-10-6-5-7-16(10)13-15-11(9-17-3)12(18-13)8-14-2/h10,14H,4-9H2,1-3H3. The van der Waals surface area contributed by atoms with Crippen LogP contribution in [0, 0.1) is 0 Å². The van der Waals surface area contributed by atoms with Crippen molar-refractivity contribution in [3.05, 3.63) is 10.6 Å². The Kier molecular flexibility index (Phi) is 4.97. The lowest BCUT2D eigenvalue weighted by atomic mass is 10.2. The molecule has 0 amide bonds. The maximum Gasteiger partial charge on any atom is 0.186 e. The summed E-state index contributed by atoms with van der Waals surface area (Å²) in [6.45, 7) is 4.90. The van der Waals surface area contributed by atoms with Crippen molar-refractivity contribution in [3.63, 3.8) is 0 Å². The fourth-order valence-corrected chi connectivity index (χ4v) is 3.73. The summed E-state index contributed by atoms with van der Waals surface area (Å²) < 4.78 is 5.24. The molecule has 1 unspecified atom stereocenters. The molecule has 1 N–H and O–H groups in total. The van der Waals surface area contributed by atoms with Crippen molar-refractivity contribution in [1.82, 2.24) is 10.3 Å². The van der Waals surface area contributed by atoms with E-state index in [4.69, 9.17) is 9.72 Å². The van der Waals surface area contributed by atoms with E-state index in [-0.39, 0.29) is 0 Å². The van der Waals surface area contributed by atoms with Crippen molar-refractivity contribution in [2.45, 2.75) is 45.4 Å². The molecule has 4 nitrogen and oxygen atoms in total. The quantitative estimate of drug-likeness (QED) is 0.860. The molecule has 2 rings (SSSR count). The highest BCUT2D eigenvalue weighted by molar-refractivity contribution is 7.15. The van der Waals surface area contributed by atoms with Crippen LogP contribution in [-0.4, -0.2) is 31.7 Å². The van der Waals surface area contributed by atoms with Gasteiger partial charge in [0.05, 0.1) is 12.3 Å². The summed E-state index contributed by atoms with van der Waals surface area (Å²) in [5.41, 5.74) is 1.09. The second-order valence-electron chi connectivity index (χ2n) is 4.73. The predicted molar refractivity (Wildman–Crippen MR) is 76.2 cm³/mol. The van der Waals surface area contributed by atoms with E-state index in [0.717, 1.165) is 18.8 Å². The van der Waals surface area contributed by atoms with Gasteiger partial charge in [0.15, 0.2) is 5.13 Å². The molecule has 0 aromatic carbocycles. The van der Waals surface area contributed by atoms with Crippen LogP contribution in [0.5, 0.6) is 0 Å². The second kappa shape index (κ2) is 6.50. The molecule has 1 aromatic rings. The molecule has 5 heteroatoms. The molecule has 1 aliphatic heterocycles. The number of methoxy groups -OCH3 is 1. The van der Waals surface area contributed by atoms with E-state index < -0.39 is 0 Å². The zero-order chi connectivity index (χ0) is 13.0. The van der Waals surface area contributed by atoms with Crippen LogP contribution < -0.4 is 10.2 Å². The summed E-state index contributed by atoms with van der Waals surface area (Å²) in [5.74, 6) is 0. The van der Waals surface area contributed by atoms with Gasteiger partial charge >= 0.3 is 0 Å². The van der Waals surface area contributed by atoms with Crippen LogP contribution >= 0.6 is 11.3 Å². The molecule has 2 heterocycles. The van der Waals surface area contributed by atoms with Crippen molar-refractivity contribution >= 4 is 16.5 Å². The number of nitrogens with one attached hydrogen (secondary N) is 1. The zero-order valence-electron chi connectivity index (χ0n) is 11.5. The molecule has 1 aromatic heterocycles. The lowest BCUT2D eigenvalue weighted by Gasteiger charge is -2.22. The molecule has 102 valence electrons. The third-order valence-corrected chi connectivity index (χ3v) is 4.61. The van der Waals surface area contributed by atoms with E-state index >= 15 is 0 Å². The molecule has 1 fully saturated rings. The third kappa shape index (κ3) is 2.84. The van der Waals surface area contributed by atoms with Gasteiger partial charge in [-0.2, -0.15) is 0 Å². The summed E-state index contributed by atoms with van der Waals surface area (Å²) in [4.78, 5) is 8.56. The molecule has 0 saturated carbocycles. The zero-order valence-corrected chi connectivity index (χ0v) is 12.3. The first kappa shape index (κ1) is 13.8. The number of rotatable bonds is 6. The highest BCUT2D eigenvalue weighted by atomic mass is 32.1. The summed E-state index contributed by atoms with van der Waals surface area (Å²) >= 11 is 1.81. The molecule has 0 radical (unpaired) electrons. The Morgan fingerprint density at radius 2 is 2.39 bits per heavy atom. The van der Waals surface area contributed by atoms with Gasteiger partial charge in [0.25, 0.3) is 0 Å². The number of thiazole rings is 1. The van der Waals surface area contributed by atoms with Gasteiger partial charge < -0.3 is 15.0 Å². The Morgan fingerprint density at radius 3 is 3.06 bits per heavy atom. The van der Waals surface area contributed by atoms with Crippen molar-refractivity contribution in [3.8, 4) is 0 Å².